The molecule has 0 spiro atoms. The van der Waals surface area contributed by atoms with Crippen molar-refractivity contribution in [3.05, 3.63) is 10.6 Å². The van der Waals surface area contributed by atoms with Crippen molar-refractivity contribution in [3.63, 3.8) is 0 Å². The van der Waals surface area contributed by atoms with E-state index in [4.69, 9.17) is 10.00 Å². The van der Waals surface area contributed by atoms with Gasteiger partial charge in [-0.15, -0.1) is 11.3 Å². The number of aryl methyl sites for hydroxylation is 1. The van der Waals surface area contributed by atoms with Gasteiger partial charge in [0.2, 0.25) is 0 Å². The van der Waals surface area contributed by atoms with Crippen LogP contribution in [0.3, 0.4) is 0 Å². The van der Waals surface area contributed by atoms with E-state index in [1.54, 1.807) is 11.3 Å². The summed E-state index contributed by atoms with van der Waals surface area (Å²) in [5, 5.41) is 9.53. The number of nitriles is 1. The number of anilines is 1. The smallest absolute Gasteiger partial charge is 0.315 e. The first kappa shape index (κ1) is 14.8. The van der Waals surface area contributed by atoms with Crippen molar-refractivity contribution in [2.45, 2.75) is 38.5 Å². The molecule has 1 aliphatic carbocycles. The van der Waals surface area contributed by atoms with Crippen LogP contribution < -0.4 is 4.90 Å². The molecule has 6 heteroatoms. The standard InChI is InChI=1S/C14H19N3O2S/c1-3-19-13(18)10-6-4-7-11-12(10)16-14(20-11)17(2)9-5-8-15/h10H,3-7,9H2,1-2H3. The lowest BCUT2D eigenvalue weighted by Crippen LogP contribution is -2.21. The number of nitrogens with zero attached hydrogens (tertiary/aromatic N) is 3. The number of carbonyl (C=O) groups excluding carboxylic acids is 1. The summed E-state index contributed by atoms with van der Waals surface area (Å²) in [4.78, 5) is 19.8. The van der Waals surface area contributed by atoms with E-state index >= 15 is 0 Å². The molecule has 1 aliphatic rings. The number of hydrogen-bond acceptors (Lipinski definition) is 6. The van der Waals surface area contributed by atoms with Crippen molar-refractivity contribution in [3.8, 4) is 6.07 Å². The normalized spacial score (nSPS) is 17.1. The van der Waals surface area contributed by atoms with E-state index in [1.165, 1.54) is 4.88 Å². The van der Waals surface area contributed by atoms with Gasteiger partial charge >= 0.3 is 5.97 Å². The predicted molar refractivity (Wildman–Crippen MR) is 77.9 cm³/mol. The molecule has 0 saturated heterocycles. The molecule has 20 heavy (non-hydrogen) atoms. The van der Waals surface area contributed by atoms with Gasteiger partial charge in [0.25, 0.3) is 0 Å². The molecule has 0 saturated carbocycles. The minimum Gasteiger partial charge on any atom is -0.465 e. The number of aromatic nitrogens is 1. The van der Waals surface area contributed by atoms with Gasteiger partial charge in [0, 0.05) is 18.5 Å². The van der Waals surface area contributed by atoms with Crippen molar-refractivity contribution in [2.24, 2.45) is 0 Å². The Morgan fingerprint density at radius 3 is 3.15 bits per heavy atom. The van der Waals surface area contributed by atoms with Crippen LogP contribution in [0.15, 0.2) is 0 Å². The summed E-state index contributed by atoms with van der Waals surface area (Å²) < 4.78 is 5.14. The van der Waals surface area contributed by atoms with E-state index in [0.29, 0.717) is 19.6 Å². The Balaban J connectivity index is 2.18. The van der Waals surface area contributed by atoms with E-state index in [9.17, 15) is 4.79 Å². The number of thiazole rings is 1. The Kier molecular flexibility index (Phi) is 4.96. The molecular formula is C14H19N3O2S. The van der Waals surface area contributed by atoms with Gasteiger partial charge in [-0.3, -0.25) is 4.79 Å². The Bertz CT molecular complexity index is 521. The Morgan fingerprint density at radius 1 is 1.65 bits per heavy atom. The van der Waals surface area contributed by atoms with E-state index in [-0.39, 0.29) is 11.9 Å². The molecule has 0 radical (unpaired) electrons. The molecule has 108 valence electrons. The summed E-state index contributed by atoms with van der Waals surface area (Å²) in [6, 6.07) is 2.13. The van der Waals surface area contributed by atoms with Gasteiger partial charge in [0.15, 0.2) is 5.13 Å². The predicted octanol–water partition coefficient (Wildman–Crippen LogP) is 2.48. The molecular weight excluding hydrogens is 274 g/mol. The van der Waals surface area contributed by atoms with Crippen molar-refractivity contribution < 1.29 is 9.53 Å². The second-order valence-electron chi connectivity index (χ2n) is 4.83. The maximum atomic E-state index is 12.0. The number of hydrogen-bond donors (Lipinski definition) is 0. The molecule has 1 heterocycles. The minimum absolute atomic E-state index is 0.162. The zero-order chi connectivity index (χ0) is 14.5. The van der Waals surface area contributed by atoms with Gasteiger partial charge in [-0.1, -0.05) is 0 Å². The van der Waals surface area contributed by atoms with Crippen LogP contribution in [0.5, 0.6) is 0 Å². The van der Waals surface area contributed by atoms with E-state index in [1.807, 2.05) is 18.9 Å². The van der Waals surface area contributed by atoms with Crippen LogP contribution in [0, 0.1) is 11.3 Å². The highest BCUT2D eigenvalue weighted by Gasteiger charge is 2.31. The Morgan fingerprint density at radius 2 is 2.45 bits per heavy atom. The van der Waals surface area contributed by atoms with Gasteiger partial charge in [-0.05, 0) is 26.2 Å². The van der Waals surface area contributed by atoms with Crippen LogP contribution in [0.1, 0.15) is 42.7 Å². The SMILES string of the molecule is CCOC(=O)C1CCCc2sc(N(C)CCC#N)nc21. The number of rotatable bonds is 5. The topological polar surface area (TPSA) is 66.2 Å². The van der Waals surface area contributed by atoms with Crippen LogP contribution >= 0.6 is 11.3 Å². The molecule has 0 bridgehead atoms. The second-order valence-corrected chi connectivity index (χ2v) is 5.89. The first-order valence-corrected chi connectivity index (χ1v) is 7.73. The molecule has 2 rings (SSSR count). The zero-order valence-electron chi connectivity index (χ0n) is 11.9. The van der Waals surface area contributed by atoms with Crippen LogP contribution in [-0.2, 0) is 16.0 Å². The van der Waals surface area contributed by atoms with Gasteiger partial charge in [-0.25, -0.2) is 4.98 Å². The summed E-state index contributed by atoms with van der Waals surface area (Å²) in [6.07, 6.45) is 3.27. The third-order valence-electron chi connectivity index (χ3n) is 3.40. The van der Waals surface area contributed by atoms with Gasteiger partial charge in [-0.2, -0.15) is 5.26 Å². The fourth-order valence-corrected chi connectivity index (χ4v) is 3.50. The third kappa shape index (κ3) is 3.10. The summed E-state index contributed by atoms with van der Waals surface area (Å²) in [5.41, 5.74) is 0.888. The lowest BCUT2D eigenvalue weighted by Gasteiger charge is -2.19. The monoisotopic (exact) mass is 293 g/mol. The molecule has 1 aromatic heterocycles. The molecule has 1 unspecified atom stereocenters. The highest BCUT2D eigenvalue weighted by Crippen LogP contribution is 2.38. The lowest BCUT2D eigenvalue weighted by molar-refractivity contribution is -0.145. The maximum Gasteiger partial charge on any atom is 0.315 e. The summed E-state index contributed by atoms with van der Waals surface area (Å²) in [5.74, 6) is -0.377. The van der Waals surface area contributed by atoms with Crippen molar-refractivity contribution in [1.29, 1.82) is 5.26 Å². The minimum atomic E-state index is -0.215. The molecule has 5 nitrogen and oxygen atoms in total. The summed E-state index contributed by atoms with van der Waals surface area (Å²) in [6.45, 7) is 2.89. The molecule has 0 fully saturated rings. The van der Waals surface area contributed by atoms with Crippen molar-refractivity contribution in [1.82, 2.24) is 4.98 Å². The number of esters is 1. The molecule has 1 atom stereocenters. The molecule has 0 aliphatic heterocycles. The van der Waals surface area contributed by atoms with Crippen LogP contribution in [0.4, 0.5) is 5.13 Å². The number of fused-ring (bicyclic) bond motifs is 1. The fraction of sp³-hybridized carbons (Fsp3) is 0.643. The summed E-state index contributed by atoms with van der Waals surface area (Å²) >= 11 is 1.63. The average molecular weight is 293 g/mol. The molecule has 0 N–H and O–H groups in total. The van der Waals surface area contributed by atoms with Gasteiger partial charge in [0.1, 0.15) is 5.92 Å². The number of carbonyl (C=O) groups is 1. The highest BCUT2D eigenvalue weighted by molar-refractivity contribution is 7.15. The third-order valence-corrected chi connectivity index (χ3v) is 4.64. The molecule has 0 amide bonds. The Labute approximate surface area is 123 Å². The van der Waals surface area contributed by atoms with Gasteiger partial charge in [0.05, 0.1) is 24.8 Å². The lowest BCUT2D eigenvalue weighted by atomic mass is 9.91. The quantitative estimate of drug-likeness (QED) is 0.780. The average Bonchev–Trinajstić information content (AvgIpc) is 2.88. The summed E-state index contributed by atoms with van der Waals surface area (Å²) in [7, 11) is 1.93. The van der Waals surface area contributed by atoms with Crippen molar-refractivity contribution in [2.75, 3.05) is 25.1 Å². The van der Waals surface area contributed by atoms with Crippen LogP contribution in [0.25, 0.3) is 0 Å². The van der Waals surface area contributed by atoms with Crippen molar-refractivity contribution >= 4 is 22.4 Å². The zero-order valence-corrected chi connectivity index (χ0v) is 12.7. The maximum absolute atomic E-state index is 12.0. The Hall–Kier alpha value is -1.61. The van der Waals surface area contributed by atoms with E-state index < -0.39 is 0 Å². The molecule has 0 aromatic carbocycles. The first-order chi connectivity index (χ1) is 9.67. The van der Waals surface area contributed by atoms with Crippen LogP contribution in [-0.4, -0.2) is 31.2 Å². The van der Waals surface area contributed by atoms with Gasteiger partial charge < -0.3 is 9.64 Å². The fourth-order valence-electron chi connectivity index (χ4n) is 2.35. The van der Waals surface area contributed by atoms with E-state index in [2.05, 4.69) is 11.1 Å². The number of ether oxygens (including phenoxy) is 1. The molecule has 1 aromatic rings. The largest absolute Gasteiger partial charge is 0.465 e. The van der Waals surface area contributed by atoms with Crippen LogP contribution in [0.2, 0.25) is 0 Å². The van der Waals surface area contributed by atoms with E-state index in [0.717, 1.165) is 30.1 Å². The second kappa shape index (κ2) is 6.71. The highest BCUT2D eigenvalue weighted by atomic mass is 32.1. The first-order valence-electron chi connectivity index (χ1n) is 6.91.